The molecule has 0 saturated carbocycles. The molecular weight excluding hydrogens is 214 g/mol. The molecule has 1 aromatic rings. The first kappa shape index (κ1) is 11.5. The summed E-state index contributed by atoms with van der Waals surface area (Å²) in [6, 6.07) is 7.45. The van der Waals surface area contributed by atoms with Gasteiger partial charge in [0, 0.05) is 5.54 Å². The Hall–Kier alpha value is -2.02. The lowest BCUT2D eigenvalue weighted by Gasteiger charge is -2.40. The number of hydrogen-bond donors (Lipinski definition) is 1. The normalized spacial score (nSPS) is 14.9. The summed E-state index contributed by atoms with van der Waals surface area (Å²) in [7, 11) is 0. The number of nitriles is 1. The molecule has 88 valence electrons. The number of anilines is 2. The van der Waals surface area contributed by atoms with Gasteiger partial charge in [-0.15, -0.1) is 0 Å². The topological polar surface area (TPSA) is 56.1 Å². The molecule has 0 spiro atoms. The van der Waals surface area contributed by atoms with E-state index in [0.717, 1.165) is 11.4 Å². The minimum atomic E-state index is -0.290. The predicted molar refractivity (Wildman–Crippen MR) is 66.9 cm³/mol. The Morgan fingerprint density at radius 2 is 2.12 bits per heavy atom. The summed E-state index contributed by atoms with van der Waals surface area (Å²) in [6.07, 6.45) is 0. The lowest BCUT2D eigenvalue weighted by molar-refractivity contribution is -0.118. The maximum atomic E-state index is 12.0. The van der Waals surface area contributed by atoms with E-state index in [0.29, 0.717) is 12.1 Å². The molecule has 4 heteroatoms. The molecule has 1 N–H and O–H groups in total. The minimum absolute atomic E-state index is 0.0279. The van der Waals surface area contributed by atoms with Gasteiger partial charge in [-0.3, -0.25) is 4.79 Å². The van der Waals surface area contributed by atoms with Crippen molar-refractivity contribution in [1.82, 2.24) is 0 Å². The van der Waals surface area contributed by atoms with E-state index in [1.54, 1.807) is 17.0 Å². The molecular formula is C13H15N3O. The second-order valence-electron chi connectivity index (χ2n) is 5.10. The lowest BCUT2D eigenvalue weighted by atomic mass is 10.0. The van der Waals surface area contributed by atoms with Gasteiger partial charge in [-0.1, -0.05) is 0 Å². The van der Waals surface area contributed by atoms with Crippen molar-refractivity contribution in [2.45, 2.75) is 26.3 Å². The highest BCUT2D eigenvalue weighted by molar-refractivity contribution is 6.03. The highest BCUT2D eigenvalue weighted by Gasteiger charge is 2.32. The zero-order chi connectivity index (χ0) is 12.6. The van der Waals surface area contributed by atoms with Crippen LogP contribution in [0.15, 0.2) is 18.2 Å². The van der Waals surface area contributed by atoms with E-state index < -0.39 is 0 Å². The molecule has 0 fully saturated rings. The summed E-state index contributed by atoms with van der Waals surface area (Å²) < 4.78 is 0. The molecule has 0 radical (unpaired) electrons. The SMILES string of the molecule is CC(C)(C)N1C(=O)CNc2ccc(C#N)cc21. The average molecular weight is 229 g/mol. The maximum absolute atomic E-state index is 12.0. The third-order valence-corrected chi connectivity index (χ3v) is 2.72. The summed E-state index contributed by atoms with van der Waals surface area (Å²) in [5, 5.41) is 12.0. The van der Waals surface area contributed by atoms with Crippen molar-refractivity contribution in [3.05, 3.63) is 23.8 Å². The first-order valence-corrected chi connectivity index (χ1v) is 5.54. The molecule has 4 nitrogen and oxygen atoms in total. The van der Waals surface area contributed by atoms with Crippen LogP contribution in [0.1, 0.15) is 26.3 Å². The van der Waals surface area contributed by atoms with Crippen LogP contribution in [0.4, 0.5) is 11.4 Å². The third kappa shape index (κ3) is 1.96. The van der Waals surface area contributed by atoms with Gasteiger partial charge in [-0.25, -0.2) is 0 Å². The molecule has 0 aromatic heterocycles. The van der Waals surface area contributed by atoms with Crippen LogP contribution in [0.2, 0.25) is 0 Å². The van der Waals surface area contributed by atoms with Crippen molar-refractivity contribution in [2.75, 3.05) is 16.8 Å². The standard InChI is InChI=1S/C13H15N3O/c1-13(2,3)16-11-6-9(7-14)4-5-10(11)15-8-12(16)17/h4-6,15H,8H2,1-3H3. The molecule has 17 heavy (non-hydrogen) atoms. The van der Waals surface area contributed by atoms with Gasteiger partial charge in [0.15, 0.2) is 0 Å². The van der Waals surface area contributed by atoms with Gasteiger partial charge in [0.1, 0.15) is 0 Å². The first-order chi connectivity index (χ1) is 7.93. The van der Waals surface area contributed by atoms with Crippen molar-refractivity contribution in [2.24, 2.45) is 0 Å². The third-order valence-electron chi connectivity index (χ3n) is 2.72. The van der Waals surface area contributed by atoms with Crippen LogP contribution in [0.5, 0.6) is 0 Å². The van der Waals surface area contributed by atoms with Crippen LogP contribution in [0.3, 0.4) is 0 Å². The van der Waals surface area contributed by atoms with Crippen molar-refractivity contribution < 1.29 is 4.79 Å². The predicted octanol–water partition coefficient (Wildman–Crippen LogP) is 2.12. The van der Waals surface area contributed by atoms with E-state index in [1.807, 2.05) is 26.8 Å². The zero-order valence-electron chi connectivity index (χ0n) is 10.2. The molecule has 1 aliphatic heterocycles. The number of carbonyl (C=O) groups is 1. The molecule has 1 aliphatic rings. The Labute approximate surface area is 101 Å². The summed E-state index contributed by atoms with van der Waals surface area (Å²) >= 11 is 0. The highest BCUT2D eigenvalue weighted by atomic mass is 16.2. The molecule has 0 saturated heterocycles. The number of hydrogen-bond acceptors (Lipinski definition) is 3. The number of amides is 1. The number of benzene rings is 1. The van der Waals surface area contributed by atoms with E-state index in [9.17, 15) is 4.79 Å². The summed E-state index contributed by atoms with van der Waals surface area (Å²) in [6.45, 7) is 6.26. The Morgan fingerprint density at radius 3 is 2.71 bits per heavy atom. The van der Waals surface area contributed by atoms with E-state index >= 15 is 0 Å². The zero-order valence-corrected chi connectivity index (χ0v) is 10.2. The van der Waals surface area contributed by atoms with Crippen molar-refractivity contribution in [3.63, 3.8) is 0 Å². The fraction of sp³-hybridized carbons (Fsp3) is 0.385. The van der Waals surface area contributed by atoms with Crippen LogP contribution in [-0.4, -0.2) is 18.0 Å². The van der Waals surface area contributed by atoms with Gasteiger partial charge in [0.05, 0.1) is 29.6 Å². The summed E-state index contributed by atoms with van der Waals surface area (Å²) in [4.78, 5) is 13.7. The van der Waals surface area contributed by atoms with Gasteiger partial charge in [-0.2, -0.15) is 5.26 Å². The summed E-state index contributed by atoms with van der Waals surface area (Å²) in [5.74, 6) is 0.0279. The van der Waals surface area contributed by atoms with Crippen molar-refractivity contribution >= 4 is 17.3 Å². The Kier molecular flexibility index (Phi) is 2.55. The fourth-order valence-corrected chi connectivity index (χ4v) is 2.06. The van der Waals surface area contributed by atoms with Crippen LogP contribution in [-0.2, 0) is 4.79 Å². The molecule has 0 aliphatic carbocycles. The molecule has 2 rings (SSSR count). The number of carbonyl (C=O) groups excluding carboxylic acids is 1. The first-order valence-electron chi connectivity index (χ1n) is 5.54. The Balaban J connectivity index is 2.58. The van der Waals surface area contributed by atoms with Crippen molar-refractivity contribution in [1.29, 1.82) is 5.26 Å². The van der Waals surface area contributed by atoms with E-state index in [2.05, 4.69) is 11.4 Å². The highest BCUT2D eigenvalue weighted by Crippen LogP contribution is 2.34. The van der Waals surface area contributed by atoms with E-state index in [1.165, 1.54) is 0 Å². The van der Waals surface area contributed by atoms with Crippen LogP contribution in [0, 0.1) is 11.3 Å². The van der Waals surface area contributed by atoms with E-state index in [4.69, 9.17) is 5.26 Å². The molecule has 1 aromatic carbocycles. The smallest absolute Gasteiger partial charge is 0.246 e. The van der Waals surface area contributed by atoms with Crippen LogP contribution >= 0.6 is 0 Å². The Morgan fingerprint density at radius 1 is 1.41 bits per heavy atom. The second kappa shape index (κ2) is 3.77. The van der Waals surface area contributed by atoms with Crippen LogP contribution in [0.25, 0.3) is 0 Å². The van der Waals surface area contributed by atoms with Gasteiger partial charge < -0.3 is 10.2 Å². The summed E-state index contributed by atoms with van der Waals surface area (Å²) in [5.41, 5.74) is 1.96. The number of nitrogens with zero attached hydrogens (tertiary/aromatic N) is 2. The van der Waals surface area contributed by atoms with Crippen molar-refractivity contribution in [3.8, 4) is 6.07 Å². The lowest BCUT2D eigenvalue weighted by Crippen LogP contribution is -2.50. The molecule has 0 atom stereocenters. The molecule has 1 heterocycles. The maximum Gasteiger partial charge on any atom is 0.246 e. The fourth-order valence-electron chi connectivity index (χ4n) is 2.06. The number of fused-ring (bicyclic) bond motifs is 1. The quantitative estimate of drug-likeness (QED) is 0.741. The van der Waals surface area contributed by atoms with Gasteiger partial charge in [0.2, 0.25) is 5.91 Å². The number of rotatable bonds is 0. The monoisotopic (exact) mass is 229 g/mol. The number of nitrogens with one attached hydrogen (secondary N) is 1. The Bertz CT molecular complexity index is 508. The minimum Gasteiger partial charge on any atom is -0.374 e. The molecule has 0 unspecified atom stereocenters. The average Bonchev–Trinajstić information content (AvgIpc) is 2.26. The second-order valence-corrected chi connectivity index (χ2v) is 5.10. The van der Waals surface area contributed by atoms with E-state index in [-0.39, 0.29) is 11.4 Å². The largest absolute Gasteiger partial charge is 0.374 e. The molecule has 1 amide bonds. The van der Waals surface area contributed by atoms with Crippen LogP contribution < -0.4 is 10.2 Å². The van der Waals surface area contributed by atoms with Gasteiger partial charge >= 0.3 is 0 Å². The van der Waals surface area contributed by atoms with Gasteiger partial charge in [-0.05, 0) is 39.0 Å². The molecule has 0 bridgehead atoms. The van der Waals surface area contributed by atoms with Gasteiger partial charge in [0.25, 0.3) is 0 Å².